The molecule has 2 heterocycles. The van der Waals surface area contributed by atoms with Crippen molar-refractivity contribution in [1.29, 1.82) is 0 Å². The molecule has 1 aromatic rings. The van der Waals surface area contributed by atoms with Gasteiger partial charge in [0, 0.05) is 13.6 Å². The molecule has 0 radical (unpaired) electrons. The van der Waals surface area contributed by atoms with Crippen LogP contribution in [-0.2, 0) is 4.79 Å². The van der Waals surface area contributed by atoms with E-state index in [-0.39, 0.29) is 18.6 Å². The molecule has 0 aromatic carbocycles. The van der Waals surface area contributed by atoms with Crippen molar-refractivity contribution in [2.24, 2.45) is 5.92 Å². The Kier molecular flexibility index (Phi) is 3.50. The van der Waals surface area contributed by atoms with E-state index in [1.165, 1.54) is 0 Å². The summed E-state index contributed by atoms with van der Waals surface area (Å²) in [7, 11) is 1.70. The molecular weight excluding hydrogens is 248 g/mol. The molecule has 0 spiro atoms. The third-order valence-electron chi connectivity index (χ3n) is 3.44. The SMILES string of the molecule is Cc1ccc(C2CN(CC(C)C(=O)O)C(=O)N2C)o1. The Balaban J connectivity index is 2.10. The molecule has 2 rings (SSSR count). The van der Waals surface area contributed by atoms with Crippen LogP contribution < -0.4 is 0 Å². The summed E-state index contributed by atoms with van der Waals surface area (Å²) in [5, 5.41) is 8.91. The maximum Gasteiger partial charge on any atom is 0.320 e. The fourth-order valence-corrected chi connectivity index (χ4v) is 2.24. The molecule has 1 aliphatic heterocycles. The highest BCUT2D eigenvalue weighted by atomic mass is 16.4. The van der Waals surface area contributed by atoms with Gasteiger partial charge in [0.1, 0.15) is 17.6 Å². The molecule has 0 bridgehead atoms. The second-order valence-electron chi connectivity index (χ2n) is 5.00. The molecule has 1 saturated heterocycles. The first-order chi connectivity index (χ1) is 8.90. The zero-order valence-electron chi connectivity index (χ0n) is 11.3. The molecule has 1 N–H and O–H groups in total. The van der Waals surface area contributed by atoms with Crippen LogP contribution in [0.25, 0.3) is 0 Å². The molecule has 0 saturated carbocycles. The van der Waals surface area contributed by atoms with Gasteiger partial charge in [0.05, 0.1) is 12.5 Å². The third-order valence-corrected chi connectivity index (χ3v) is 3.44. The van der Waals surface area contributed by atoms with Crippen LogP contribution in [0.5, 0.6) is 0 Å². The fraction of sp³-hybridized carbons (Fsp3) is 0.538. The first-order valence-electron chi connectivity index (χ1n) is 6.21. The number of aliphatic carboxylic acids is 1. The smallest absolute Gasteiger partial charge is 0.320 e. The number of carboxylic acids is 1. The lowest BCUT2D eigenvalue weighted by Gasteiger charge is -2.17. The highest BCUT2D eigenvalue weighted by molar-refractivity contribution is 5.78. The third kappa shape index (κ3) is 2.57. The highest BCUT2D eigenvalue weighted by Gasteiger charge is 2.38. The lowest BCUT2D eigenvalue weighted by atomic mass is 10.1. The number of likely N-dealkylation sites (N-methyl/N-ethyl adjacent to an activating group) is 1. The number of urea groups is 1. The number of furan rings is 1. The van der Waals surface area contributed by atoms with Crippen molar-refractivity contribution in [3.05, 3.63) is 23.7 Å². The van der Waals surface area contributed by atoms with Gasteiger partial charge in [0.2, 0.25) is 0 Å². The van der Waals surface area contributed by atoms with Crippen LogP contribution in [-0.4, -0.2) is 47.0 Å². The van der Waals surface area contributed by atoms with E-state index < -0.39 is 11.9 Å². The summed E-state index contributed by atoms with van der Waals surface area (Å²) < 4.78 is 5.55. The van der Waals surface area contributed by atoms with Crippen molar-refractivity contribution in [3.8, 4) is 0 Å². The fourth-order valence-electron chi connectivity index (χ4n) is 2.24. The summed E-state index contributed by atoms with van der Waals surface area (Å²) in [4.78, 5) is 26.1. The number of amides is 2. The lowest BCUT2D eigenvalue weighted by molar-refractivity contribution is -0.141. The standard InChI is InChI=1S/C13H18N2O4/c1-8(12(16)17)6-15-7-10(14(3)13(15)18)11-5-4-9(2)19-11/h4-5,8,10H,6-7H2,1-3H3,(H,16,17). The van der Waals surface area contributed by atoms with Gasteiger partial charge >= 0.3 is 12.0 Å². The topological polar surface area (TPSA) is 74.0 Å². The van der Waals surface area contributed by atoms with Crippen LogP contribution in [0.4, 0.5) is 4.79 Å². The van der Waals surface area contributed by atoms with Gasteiger partial charge in [0.25, 0.3) is 0 Å². The Morgan fingerprint density at radius 3 is 2.79 bits per heavy atom. The molecule has 2 atom stereocenters. The number of aryl methyl sites for hydroxylation is 1. The van der Waals surface area contributed by atoms with Gasteiger partial charge in [-0.1, -0.05) is 6.92 Å². The maximum absolute atomic E-state index is 12.1. The second kappa shape index (κ2) is 4.95. The minimum absolute atomic E-state index is 0.151. The van der Waals surface area contributed by atoms with Crippen molar-refractivity contribution in [3.63, 3.8) is 0 Å². The summed E-state index contributed by atoms with van der Waals surface area (Å²) in [6.45, 7) is 4.12. The van der Waals surface area contributed by atoms with Crippen molar-refractivity contribution >= 4 is 12.0 Å². The zero-order valence-corrected chi connectivity index (χ0v) is 11.3. The Morgan fingerprint density at radius 2 is 2.26 bits per heavy atom. The Hall–Kier alpha value is -1.98. The van der Waals surface area contributed by atoms with Crippen molar-refractivity contribution in [1.82, 2.24) is 9.80 Å². The number of rotatable bonds is 4. The number of carboxylic acid groups (broad SMARTS) is 1. The first-order valence-corrected chi connectivity index (χ1v) is 6.21. The zero-order chi connectivity index (χ0) is 14.2. The van der Waals surface area contributed by atoms with E-state index in [1.807, 2.05) is 19.1 Å². The van der Waals surface area contributed by atoms with Crippen LogP contribution >= 0.6 is 0 Å². The Bertz CT molecular complexity index is 497. The van der Waals surface area contributed by atoms with Gasteiger partial charge in [0.15, 0.2) is 0 Å². The molecule has 2 amide bonds. The monoisotopic (exact) mass is 266 g/mol. The average Bonchev–Trinajstić information content (AvgIpc) is 2.88. The molecule has 0 aliphatic carbocycles. The quantitative estimate of drug-likeness (QED) is 0.900. The number of nitrogens with zero attached hydrogens (tertiary/aromatic N) is 2. The summed E-state index contributed by atoms with van der Waals surface area (Å²) in [5.74, 6) is 0.0641. The number of hydrogen-bond donors (Lipinski definition) is 1. The van der Waals surface area contributed by atoms with Crippen LogP contribution in [0.3, 0.4) is 0 Å². The molecule has 1 fully saturated rings. The molecule has 6 nitrogen and oxygen atoms in total. The van der Waals surface area contributed by atoms with Gasteiger partial charge in [-0.05, 0) is 19.1 Å². The molecule has 1 aromatic heterocycles. The van der Waals surface area contributed by atoms with Gasteiger partial charge in [-0.2, -0.15) is 0 Å². The van der Waals surface area contributed by atoms with Crippen molar-refractivity contribution in [2.75, 3.05) is 20.1 Å². The van der Waals surface area contributed by atoms with E-state index in [0.29, 0.717) is 6.54 Å². The van der Waals surface area contributed by atoms with E-state index in [4.69, 9.17) is 9.52 Å². The van der Waals surface area contributed by atoms with E-state index >= 15 is 0 Å². The average molecular weight is 266 g/mol. The number of carbonyl (C=O) groups excluding carboxylic acids is 1. The summed E-state index contributed by atoms with van der Waals surface area (Å²) in [6, 6.07) is 3.40. The number of hydrogen-bond acceptors (Lipinski definition) is 3. The van der Waals surface area contributed by atoms with E-state index in [0.717, 1.165) is 11.5 Å². The van der Waals surface area contributed by atoms with Crippen LogP contribution in [0.1, 0.15) is 24.5 Å². The summed E-state index contributed by atoms with van der Waals surface area (Å²) in [6.07, 6.45) is 0. The van der Waals surface area contributed by atoms with Crippen LogP contribution in [0.15, 0.2) is 16.5 Å². The summed E-state index contributed by atoms with van der Waals surface area (Å²) in [5.41, 5.74) is 0. The predicted octanol–water partition coefficient (Wildman–Crippen LogP) is 1.72. The molecule has 2 unspecified atom stereocenters. The first kappa shape index (κ1) is 13.5. The van der Waals surface area contributed by atoms with E-state index in [1.54, 1.807) is 23.8 Å². The van der Waals surface area contributed by atoms with Gasteiger partial charge in [-0.25, -0.2) is 4.79 Å². The van der Waals surface area contributed by atoms with E-state index in [9.17, 15) is 9.59 Å². The van der Waals surface area contributed by atoms with Crippen molar-refractivity contribution in [2.45, 2.75) is 19.9 Å². The van der Waals surface area contributed by atoms with E-state index in [2.05, 4.69) is 0 Å². The second-order valence-corrected chi connectivity index (χ2v) is 5.00. The largest absolute Gasteiger partial charge is 0.481 e. The molecular formula is C13H18N2O4. The van der Waals surface area contributed by atoms with Gasteiger partial charge in [-0.3, -0.25) is 4.79 Å². The highest BCUT2D eigenvalue weighted by Crippen LogP contribution is 2.29. The number of carbonyl (C=O) groups is 2. The molecule has 104 valence electrons. The van der Waals surface area contributed by atoms with Crippen LogP contribution in [0.2, 0.25) is 0 Å². The van der Waals surface area contributed by atoms with Crippen LogP contribution in [0, 0.1) is 12.8 Å². The molecule has 19 heavy (non-hydrogen) atoms. The minimum atomic E-state index is -0.896. The minimum Gasteiger partial charge on any atom is -0.481 e. The maximum atomic E-state index is 12.1. The van der Waals surface area contributed by atoms with Gasteiger partial charge < -0.3 is 19.3 Å². The summed E-state index contributed by atoms with van der Waals surface area (Å²) >= 11 is 0. The Labute approximate surface area is 111 Å². The Morgan fingerprint density at radius 1 is 1.58 bits per heavy atom. The van der Waals surface area contributed by atoms with Crippen molar-refractivity contribution < 1.29 is 19.1 Å². The normalized spacial score (nSPS) is 21.0. The molecule has 6 heteroatoms. The predicted molar refractivity (Wildman–Crippen MR) is 67.7 cm³/mol. The lowest BCUT2D eigenvalue weighted by Crippen LogP contribution is -2.35. The van der Waals surface area contributed by atoms with Gasteiger partial charge in [-0.15, -0.1) is 0 Å². The molecule has 1 aliphatic rings.